The molecule has 0 spiro atoms. The lowest BCUT2D eigenvalue weighted by Crippen LogP contribution is -2.36. The number of thioether (sulfide) groups is 1. The summed E-state index contributed by atoms with van der Waals surface area (Å²) in [6.07, 6.45) is 4.15. The number of carbonyl (C=O) groups excluding carboxylic acids is 3. The highest BCUT2D eigenvalue weighted by Gasteiger charge is 2.42. The van der Waals surface area contributed by atoms with Gasteiger partial charge in [0.05, 0.1) is 18.1 Å². The largest absolute Gasteiger partial charge is 0.338 e. The molecule has 23 heavy (non-hydrogen) atoms. The Bertz CT molecular complexity index is 501. The molecule has 8 heteroatoms. The van der Waals surface area contributed by atoms with E-state index in [2.05, 4.69) is 10.6 Å². The van der Waals surface area contributed by atoms with Gasteiger partial charge in [-0.2, -0.15) is 16.8 Å². The number of hydrogen-bond acceptors (Lipinski definition) is 5. The van der Waals surface area contributed by atoms with E-state index in [0.29, 0.717) is 18.1 Å². The van der Waals surface area contributed by atoms with Crippen LogP contribution in [0.5, 0.6) is 0 Å². The van der Waals surface area contributed by atoms with E-state index in [1.54, 1.807) is 0 Å². The van der Waals surface area contributed by atoms with Gasteiger partial charge in [-0.25, -0.2) is 9.59 Å². The lowest BCUT2D eigenvalue weighted by atomic mass is 10.0. The average molecular weight is 341 g/mol. The van der Waals surface area contributed by atoms with Crippen LogP contribution in [0, 0.1) is 0 Å². The normalized spacial score (nSPS) is 32.7. The van der Waals surface area contributed by atoms with Crippen molar-refractivity contribution in [3.05, 3.63) is 0 Å². The first-order chi connectivity index (χ1) is 11.0. The summed E-state index contributed by atoms with van der Waals surface area (Å²) >= 11 is 1.88. The van der Waals surface area contributed by atoms with Crippen molar-refractivity contribution < 1.29 is 19.2 Å². The Morgan fingerprint density at radius 2 is 2.17 bits per heavy atom. The molecular formula is C15H23N3O4S. The smallest absolute Gasteiger partial charge is 0.332 e. The van der Waals surface area contributed by atoms with Gasteiger partial charge in [0, 0.05) is 23.8 Å². The first kappa shape index (κ1) is 16.4. The molecule has 0 aromatic carbocycles. The Balaban J connectivity index is 1.33. The van der Waals surface area contributed by atoms with E-state index in [1.807, 2.05) is 18.7 Å². The highest BCUT2D eigenvalue weighted by atomic mass is 32.2. The molecule has 3 fully saturated rings. The lowest BCUT2D eigenvalue weighted by molar-refractivity contribution is -0.199. The minimum Gasteiger partial charge on any atom is -0.338 e. The van der Waals surface area contributed by atoms with Gasteiger partial charge >= 0.3 is 12.0 Å². The second-order valence-electron chi connectivity index (χ2n) is 6.44. The summed E-state index contributed by atoms with van der Waals surface area (Å²) in [4.78, 5) is 39.9. The van der Waals surface area contributed by atoms with E-state index >= 15 is 0 Å². The van der Waals surface area contributed by atoms with Crippen LogP contribution in [0.25, 0.3) is 0 Å². The van der Waals surface area contributed by atoms with Crippen molar-refractivity contribution in [2.24, 2.45) is 0 Å². The number of carbonyl (C=O) groups is 3. The zero-order valence-electron chi connectivity index (χ0n) is 13.2. The molecule has 3 saturated heterocycles. The predicted molar refractivity (Wildman–Crippen MR) is 85.6 cm³/mol. The molecule has 0 radical (unpaired) electrons. The minimum absolute atomic E-state index is 0.0169. The highest BCUT2D eigenvalue weighted by Crippen LogP contribution is 2.33. The molecular weight excluding hydrogens is 318 g/mol. The van der Waals surface area contributed by atoms with E-state index in [9.17, 15) is 14.4 Å². The summed E-state index contributed by atoms with van der Waals surface area (Å²) in [6.45, 7) is 1.88. The van der Waals surface area contributed by atoms with Gasteiger partial charge in [0.25, 0.3) is 5.91 Å². The van der Waals surface area contributed by atoms with Crippen LogP contribution in [-0.2, 0) is 14.4 Å². The van der Waals surface area contributed by atoms with Crippen molar-refractivity contribution in [1.29, 1.82) is 0 Å². The molecule has 0 aliphatic carbocycles. The number of fused-ring (bicyclic) bond motifs is 1. The number of rotatable bonds is 6. The molecule has 0 aromatic heterocycles. The fraction of sp³-hybridized carbons (Fsp3) is 0.800. The summed E-state index contributed by atoms with van der Waals surface area (Å²) in [5.74, 6) is 0.508. The number of amides is 3. The van der Waals surface area contributed by atoms with Crippen LogP contribution >= 0.6 is 11.8 Å². The van der Waals surface area contributed by atoms with Gasteiger partial charge in [0.1, 0.15) is 0 Å². The Morgan fingerprint density at radius 1 is 1.35 bits per heavy atom. The van der Waals surface area contributed by atoms with Crippen LogP contribution in [0.3, 0.4) is 0 Å². The minimum atomic E-state index is -0.333. The zero-order chi connectivity index (χ0) is 16.4. The van der Waals surface area contributed by atoms with E-state index in [4.69, 9.17) is 4.84 Å². The van der Waals surface area contributed by atoms with Gasteiger partial charge in [0.2, 0.25) is 0 Å². The van der Waals surface area contributed by atoms with Crippen LogP contribution in [0.4, 0.5) is 4.79 Å². The number of hydrogen-bond donors (Lipinski definition) is 2. The second-order valence-corrected chi connectivity index (χ2v) is 7.71. The Morgan fingerprint density at radius 3 is 2.91 bits per heavy atom. The Kier molecular flexibility index (Phi) is 4.99. The third kappa shape index (κ3) is 3.73. The highest BCUT2D eigenvalue weighted by molar-refractivity contribution is 8.00. The fourth-order valence-corrected chi connectivity index (χ4v) is 4.90. The van der Waals surface area contributed by atoms with Crippen LogP contribution < -0.4 is 10.6 Å². The summed E-state index contributed by atoms with van der Waals surface area (Å²) in [6, 6.07) is 0.364. The molecule has 3 heterocycles. The average Bonchev–Trinajstić information content (AvgIpc) is 3.14. The van der Waals surface area contributed by atoms with E-state index in [-0.39, 0.29) is 36.0 Å². The molecule has 0 saturated carbocycles. The fourth-order valence-electron chi connectivity index (χ4n) is 3.36. The van der Waals surface area contributed by atoms with Gasteiger partial charge in [-0.1, -0.05) is 6.42 Å². The first-order valence-electron chi connectivity index (χ1n) is 8.26. The van der Waals surface area contributed by atoms with Crippen molar-refractivity contribution in [1.82, 2.24) is 15.7 Å². The maximum absolute atomic E-state index is 11.8. The number of urea groups is 1. The number of unbranched alkanes of at least 4 members (excludes halogenated alkanes) is 1. The van der Waals surface area contributed by atoms with Gasteiger partial charge < -0.3 is 15.5 Å². The van der Waals surface area contributed by atoms with Crippen LogP contribution in [-0.4, -0.2) is 52.1 Å². The Hall–Kier alpha value is -1.44. The number of hydroxylamine groups is 2. The molecule has 3 aliphatic heterocycles. The summed E-state index contributed by atoms with van der Waals surface area (Å²) in [5, 5.41) is 7.52. The van der Waals surface area contributed by atoms with Crippen molar-refractivity contribution in [3.63, 3.8) is 0 Å². The number of nitrogens with one attached hydrogen (secondary N) is 2. The molecule has 4 atom stereocenters. The Labute approximate surface area is 139 Å². The quantitative estimate of drug-likeness (QED) is 0.559. The van der Waals surface area contributed by atoms with Crippen molar-refractivity contribution in [3.8, 4) is 0 Å². The first-order valence-corrected chi connectivity index (χ1v) is 9.31. The SMILES string of the molecule is C[C@@H]1CCC(=O)N1OC(=O)CCCC[C@@H]1SCC2NC(=O)NC21. The maximum Gasteiger partial charge on any atom is 0.332 e. The molecule has 3 rings (SSSR count). The van der Waals surface area contributed by atoms with Crippen molar-refractivity contribution >= 4 is 29.7 Å². The summed E-state index contributed by atoms with van der Waals surface area (Å²) in [7, 11) is 0. The molecule has 2 unspecified atom stereocenters. The standard InChI is InChI=1S/C15H23N3O4S/c1-9-6-7-12(19)18(9)22-13(20)5-3-2-4-11-14-10(8-23-11)16-15(21)17-14/h9-11,14H,2-8H2,1H3,(H2,16,17,21)/t9-,10?,11+,14?/m1/s1. The third-order valence-electron chi connectivity index (χ3n) is 4.68. The van der Waals surface area contributed by atoms with E-state index in [0.717, 1.165) is 31.4 Å². The van der Waals surface area contributed by atoms with Gasteiger partial charge in [0.15, 0.2) is 0 Å². The topological polar surface area (TPSA) is 87.7 Å². The number of nitrogens with zero attached hydrogens (tertiary/aromatic N) is 1. The van der Waals surface area contributed by atoms with Crippen LogP contribution in [0.2, 0.25) is 0 Å². The van der Waals surface area contributed by atoms with Gasteiger partial charge in [-0.05, 0) is 26.2 Å². The molecule has 0 aromatic rings. The second kappa shape index (κ2) is 6.98. The van der Waals surface area contributed by atoms with Gasteiger partial charge in [-0.3, -0.25) is 4.79 Å². The van der Waals surface area contributed by atoms with E-state index < -0.39 is 0 Å². The van der Waals surface area contributed by atoms with Crippen LogP contribution in [0.15, 0.2) is 0 Å². The molecule has 7 nitrogen and oxygen atoms in total. The molecule has 3 aliphatic rings. The predicted octanol–water partition coefficient (Wildman–Crippen LogP) is 1.18. The molecule has 0 bridgehead atoms. The zero-order valence-corrected chi connectivity index (χ0v) is 14.1. The third-order valence-corrected chi connectivity index (χ3v) is 6.19. The van der Waals surface area contributed by atoms with E-state index in [1.165, 1.54) is 5.06 Å². The maximum atomic E-state index is 11.8. The van der Waals surface area contributed by atoms with Crippen LogP contribution in [0.1, 0.15) is 45.4 Å². The molecule has 2 N–H and O–H groups in total. The summed E-state index contributed by atoms with van der Waals surface area (Å²) in [5.41, 5.74) is 0. The molecule has 3 amide bonds. The van der Waals surface area contributed by atoms with Crippen molar-refractivity contribution in [2.45, 2.75) is 68.8 Å². The molecule has 128 valence electrons. The van der Waals surface area contributed by atoms with Gasteiger partial charge in [-0.15, -0.1) is 0 Å². The monoisotopic (exact) mass is 341 g/mol. The lowest BCUT2D eigenvalue weighted by Gasteiger charge is -2.20. The van der Waals surface area contributed by atoms with Crippen molar-refractivity contribution in [2.75, 3.05) is 5.75 Å². The summed E-state index contributed by atoms with van der Waals surface area (Å²) < 4.78 is 0.